The first-order valence-corrected chi connectivity index (χ1v) is 6.49. The molecule has 0 spiro atoms. The minimum Gasteiger partial charge on any atom is -0.349 e. The van der Waals surface area contributed by atoms with Crippen LogP contribution < -0.4 is 5.32 Å². The molecule has 1 aromatic heterocycles. The van der Waals surface area contributed by atoms with Crippen molar-refractivity contribution < 1.29 is 4.79 Å². The van der Waals surface area contributed by atoms with Gasteiger partial charge < -0.3 is 10.2 Å². The highest BCUT2D eigenvalue weighted by Crippen LogP contribution is 2.10. The number of rotatable bonds is 5. The summed E-state index contributed by atoms with van der Waals surface area (Å²) in [5.74, 6) is 0.258. The standard InChI is InChI=1S/C11H20N6O/c1-9(8-17-5-3-2-4-6-17)7-12-11(18)10-13-15-16-14-10/h9H,2-8H2,1H3,(H,12,18)(H,13,14,15,16). The van der Waals surface area contributed by atoms with E-state index in [4.69, 9.17) is 0 Å². The smallest absolute Gasteiger partial charge is 0.292 e. The van der Waals surface area contributed by atoms with E-state index in [1.54, 1.807) is 0 Å². The molecule has 7 heteroatoms. The van der Waals surface area contributed by atoms with Gasteiger partial charge in [-0.2, -0.15) is 5.21 Å². The first-order valence-electron chi connectivity index (χ1n) is 6.49. The predicted molar refractivity (Wildman–Crippen MR) is 66.0 cm³/mol. The van der Waals surface area contributed by atoms with Crippen LogP contribution in [0.3, 0.4) is 0 Å². The van der Waals surface area contributed by atoms with Crippen LogP contribution in [0, 0.1) is 5.92 Å². The number of tetrazole rings is 1. The van der Waals surface area contributed by atoms with E-state index < -0.39 is 0 Å². The Morgan fingerprint density at radius 2 is 2.22 bits per heavy atom. The zero-order chi connectivity index (χ0) is 12.8. The van der Waals surface area contributed by atoms with Crippen molar-refractivity contribution in [2.75, 3.05) is 26.2 Å². The molecule has 0 bridgehead atoms. The van der Waals surface area contributed by atoms with Gasteiger partial charge in [-0.05, 0) is 37.1 Å². The first kappa shape index (κ1) is 12.9. The second-order valence-corrected chi connectivity index (χ2v) is 4.91. The quantitative estimate of drug-likeness (QED) is 0.773. The van der Waals surface area contributed by atoms with Crippen molar-refractivity contribution in [1.29, 1.82) is 0 Å². The van der Waals surface area contributed by atoms with Crippen molar-refractivity contribution >= 4 is 5.91 Å². The van der Waals surface area contributed by atoms with Gasteiger partial charge in [0.25, 0.3) is 11.7 Å². The molecule has 1 aromatic rings. The number of amides is 1. The van der Waals surface area contributed by atoms with Crippen molar-refractivity contribution in [2.45, 2.75) is 26.2 Å². The van der Waals surface area contributed by atoms with Crippen LogP contribution in [0.15, 0.2) is 0 Å². The summed E-state index contributed by atoms with van der Waals surface area (Å²) >= 11 is 0. The van der Waals surface area contributed by atoms with Crippen LogP contribution in [0.1, 0.15) is 36.8 Å². The summed E-state index contributed by atoms with van der Waals surface area (Å²) in [7, 11) is 0. The number of aromatic amines is 1. The molecule has 1 amide bonds. The van der Waals surface area contributed by atoms with Crippen LogP contribution in [-0.2, 0) is 0 Å². The summed E-state index contributed by atoms with van der Waals surface area (Å²) in [5, 5.41) is 15.7. The number of aromatic nitrogens is 4. The molecule has 100 valence electrons. The molecule has 2 N–H and O–H groups in total. The number of hydrogen-bond donors (Lipinski definition) is 2. The molecule has 1 fully saturated rings. The average molecular weight is 252 g/mol. The molecule has 0 aliphatic carbocycles. The highest BCUT2D eigenvalue weighted by atomic mass is 16.2. The maximum Gasteiger partial charge on any atom is 0.292 e. The topological polar surface area (TPSA) is 86.8 Å². The van der Waals surface area contributed by atoms with E-state index in [-0.39, 0.29) is 11.7 Å². The molecule has 0 aromatic carbocycles. The predicted octanol–water partition coefficient (Wildman–Crippen LogP) is 0.0515. The van der Waals surface area contributed by atoms with E-state index in [1.165, 1.54) is 32.4 Å². The minimum absolute atomic E-state index is 0.0974. The number of carbonyl (C=O) groups is 1. The lowest BCUT2D eigenvalue weighted by atomic mass is 10.1. The van der Waals surface area contributed by atoms with Crippen molar-refractivity contribution in [3.05, 3.63) is 5.82 Å². The van der Waals surface area contributed by atoms with Crippen LogP contribution in [-0.4, -0.2) is 57.6 Å². The van der Waals surface area contributed by atoms with E-state index in [2.05, 4.69) is 37.8 Å². The highest BCUT2D eigenvalue weighted by Gasteiger charge is 2.15. The van der Waals surface area contributed by atoms with Gasteiger partial charge in [-0.1, -0.05) is 13.3 Å². The number of piperidine rings is 1. The Morgan fingerprint density at radius 1 is 1.44 bits per heavy atom. The number of carbonyl (C=O) groups excluding carboxylic acids is 1. The van der Waals surface area contributed by atoms with Gasteiger partial charge in [0.05, 0.1) is 0 Å². The summed E-state index contributed by atoms with van der Waals surface area (Å²) in [4.78, 5) is 14.1. The molecular weight excluding hydrogens is 232 g/mol. The number of likely N-dealkylation sites (tertiary alicyclic amines) is 1. The van der Waals surface area contributed by atoms with Gasteiger partial charge in [0, 0.05) is 13.1 Å². The highest BCUT2D eigenvalue weighted by molar-refractivity contribution is 5.89. The van der Waals surface area contributed by atoms with Crippen molar-refractivity contribution in [3.63, 3.8) is 0 Å². The van der Waals surface area contributed by atoms with E-state index in [0.717, 1.165) is 6.54 Å². The Labute approximate surface area is 106 Å². The Kier molecular flexibility index (Phi) is 4.63. The number of nitrogens with zero attached hydrogens (tertiary/aromatic N) is 4. The van der Waals surface area contributed by atoms with Gasteiger partial charge in [0.1, 0.15) is 0 Å². The molecule has 1 aliphatic heterocycles. The first-order chi connectivity index (χ1) is 8.75. The molecule has 0 saturated carbocycles. The molecule has 1 saturated heterocycles. The molecule has 2 rings (SSSR count). The Hall–Kier alpha value is -1.50. The third-order valence-electron chi connectivity index (χ3n) is 3.18. The molecule has 1 atom stereocenters. The molecule has 1 aliphatic rings. The lowest BCUT2D eigenvalue weighted by Crippen LogP contribution is -2.38. The maximum atomic E-state index is 11.6. The largest absolute Gasteiger partial charge is 0.349 e. The van der Waals surface area contributed by atoms with E-state index in [1.807, 2.05) is 0 Å². The van der Waals surface area contributed by atoms with Crippen LogP contribution in [0.25, 0.3) is 0 Å². The van der Waals surface area contributed by atoms with Crippen molar-refractivity contribution in [1.82, 2.24) is 30.8 Å². The molecule has 1 unspecified atom stereocenters. The van der Waals surface area contributed by atoms with E-state index in [9.17, 15) is 4.79 Å². The van der Waals surface area contributed by atoms with Crippen molar-refractivity contribution in [2.24, 2.45) is 5.92 Å². The second-order valence-electron chi connectivity index (χ2n) is 4.91. The third-order valence-corrected chi connectivity index (χ3v) is 3.18. The lowest BCUT2D eigenvalue weighted by Gasteiger charge is -2.29. The van der Waals surface area contributed by atoms with Crippen molar-refractivity contribution in [3.8, 4) is 0 Å². The van der Waals surface area contributed by atoms with Gasteiger partial charge >= 0.3 is 0 Å². The Balaban J connectivity index is 1.68. The van der Waals surface area contributed by atoms with Gasteiger partial charge in [-0.25, -0.2) is 0 Å². The number of H-pyrrole nitrogens is 1. The maximum absolute atomic E-state index is 11.6. The third kappa shape index (κ3) is 3.76. The summed E-state index contributed by atoms with van der Waals surface area (Å²) < 4.78 is 0. The fraction of sp³-hybridized carbons (Fsp3) is 0.818. The number of hydrogen-bond acceptors (Lipinski definition) is 5. The summed E-state index contributed by atoms with van der Waals surface area (Å²) in [6, 6.07) is 0. The fourth-order valence-electron chi connectivity index (χ4n) is 2.25. The second kappa shape index (κ2) is 6.44. The number of nitrogens with one attached hydrogen (secondary N) is 2. The van der Waals surface area contributed by atoms with Gasteiger partial charge in [0.2, 0.25) is 0 Å². The summed E-state index contributed by atoms with van der Waals surface area (Å²) in [6.07, 6.45) is 3.93. The minimum atomic E-state index is -0.269. The molecule has 2 heterocycles. The van der Waals surface area contributed by atoms with Gasteiger partial charge in [-0.3, -0.25) is 4.79 Å². The normalized spacial score (nSPS) is 18.5. The van der Waals surface area contributed by atoms with Gasteiger partial charge in [0.15, 0.2) is 0 Å². The van der Waals surface area contributed by atoms with Crippen LogP contribution in [0.2, 0.25) is 0 Å². The Morgan fingerprint density at radius 3 is 2.89 bits per heavy atom. The molecular formula is C11H20N6O. The zero-order valence-corrected chi connectivity index (χ0v) is 10.7. The monoisotopic (exact) mass is 252 g/mol. The summed E-state index contributed by atoms with van der Waals surface area (Å²) in [5.41, 5.74) is 0. The lowest BCUT2D eigenvalue weighted by molar-refractivity contribution is 0.0932. The molecule has 0 radical (unpaired) electrons. The fourth-order valence-corrected chi connectivity index (χ4v) is 2.25. The van der Waals surface area contributed by atoms with E-state index >= 15 is 0 Å². The Bertz CT molecular complexity index is 360. The molecule has 18 heavy (non-hydrogen) atoms. The summed E-state index contributed by atoms with van der Waals surface area (Å²) in [6.45, 7) is 6.19. The average Bonchev–Trinajstić information content (AvgIpc) is 2.91. The molecule has 7 nitrogen and oxygen atoms in total. The van der Waals surface area contributed by atoms with Crippen LogP contribution >= 0.6 is 0 Å². The van der Waals surface area contributed by atoms with Crippen LogP contribution in [0.4, 0.5) is 0 Å². The SMILES string of the molecule is CC(CNC(=O)c1nn[nH]n1)CN1CCCCC1. The van der Waals surface area contributed by atoms with Gasteiger partial charge in [-0.15, -0.1) is 10.2 Å². The van der Waals surface area contributed by atoms with E-state index in [0.29, 0.717) is 12.5 Å². The van der Waals surface area contributed by atoms with Crippen LogP contribution in [0.5, 0.6) is 0 Å². The zero-order valence-electron chi connectivity index (χ0n) is 10.7.